The molecule has 1 fully saturated rings. The first-order valence-electron chi connectivity index (χ1n) is 8.46. The zero-order chi connectivity index (χ0) is 18.0. The van der Waals surface area contributed by atoms with Crippen molar-refractivity contribution in [2.75, 3.05) is 14.2 Å². The predicted octanol–water partition coefficient (Wildman–Crippen LogP) is 2.17. The van der Waals surface area contributed by atoms with Gasteiger partial charge in [-0.3, -0.25) is 9.59 Å². The summed E-state index contributed by atoms with van der Waals surface area (Å²) in [4.78, 5) is 31.2. The summed E-state index contributed by atoms with van der Waals surface area (Å²) >= 11 is 0. The summed E-state index contributed by atoms with van der Waals surface area (Å²) in [7, 11) is 3.32. The molecule has 0 spiro atoms. The minimum absolute atomic E-state index is 0.157. The van der Waals surface area contributed by atoms with Crippen LogP contribution in [0.5, 0.6) is 5.88 Å². The van der Waals surface area contributed by atoms with Crippen molar-refractivity contribution in [3.05, 3.63) is 58.1 Å². The van der Waals surface area contributed by atoms with Crippen LogP contribution in [-0.2, 0) is 6.54 Å². The van der Waals surface area contributed by atoms with Crippen LogP contribution in [0, 0.1) is 5.92 Å². The molecular formula is C19H23N3O3. The first kappa shape index (κ1) is 17.2. The molecule has 2 aromatic heterocycles. The van der Waals surface area contributed by atoms with Gasteiger partial charge in [0.05, 0.1) is 13.7 Å². The summed E-state index contributed by atoms with van der Waals surface area (Å²) in [6.45, 7) is 2.40. The SMILES string of the molecule is COc1cc(Cn2cccc(C(=O)N(C)[C@@H](C)C3CC3)c2=O)ccn1. The number of methoxy groups -OCH3 is 1. The van der Waals surface area contributed by atoms with Gasteiger partial charge in [0.15, 0.2) is 0 Å². The Morgan fingerprint density at radius 3 is 2.88 bits per heavy atom. The number of nitrogens with zero attached hydrogens (tertiary/aromatic N) is 3. The second kappa shape index (κ2) is 7.09. The second-order valence-corrected chi connectivity index (χ2v) is 6.56. The first-order valence-corrected chi connectivity index (χ1v) is 8.46. The summed E-state index contributed by atoms with van der Waals surface area (Å²) < 4.78 is 6.65. The maximum atomic E-state index is 12.8. The van der Waals surface area contributed by atoms with Gasteiger partial charge < -0.3 is 14.2 Å². The van der Waals surface area contributed by atoms with Gasteiger partial charge in [-0.25, -0.2) is 4.98 Å². The van der Waals surface area contributed by atoms with Crippen molar-refractivity contribution in [3.63, 3.8) is 0 Å². The van der Waals surface area contributed by atoms with Gasteiger partial charge in [0.25, 0.3) is 11.5 Å². The van der Waals surface area contributed by atoms with E-state index >= 15 is 0 Å². The van der Waals surface area contributed by atoms with Crippen LogP contribution in [0.1, 0.15) is 35.7 Å². The molecule has 25 heavy (non-hydrogen) atoms. The van der Waals surface area contributed by atoms with Crippen molar-refractivity contribution in [1.82, 2.24) is 14.5 Å². The van der Waals surface area contributed by atoms with Crippen molar-refractivity contribution >= 4 is 5.91 Å². The summed E-state index contributed by atoms with van der Waals surface area (Å²) in [5.41, 5.74) is 0.815. The Morgan fingerprint density at radius 2 is 2.20 bits per heavy atom. The summed E-state index contributed by atoms with van der Waals surface area (Å²) in [5, 5.41) is 0. The Kier molecular flexibility index (Phi) is 4.88. The van der Waals surface area contributed by atoms with E-state index in [9.17, 15) is 9.59 Å². The molecule has 0 N–H and O–H groups in total. The molecule has 3 rings (SSSR count). The van der Waals surface area contributed by atoms with Gasteiger partial charge in [0.2, 0.25) is 5.88 Å². The van der Waals surface area contributed by atoms with E-state index in [0.717, 1.165) is 18.4 Å². The molecule has 6 heteroatoms. The molecule has 0 unspecified atom stereocenters. The molecule has 2 heterocycles. The fraction of sp³-hybridized carbons (Fsp3) is 0.421. The third-order valence-electron chi connectivity index (χ3n) is 4.85. The highest BCUT2D eigenvalue weighted by atomic mass is 16.5. The van der Waals surface area contributed by atoms with Crippen molar-refractivity contribution < 1.29 is 9.53 Å². The molecule has 0 aliphatic heterocycles. The quantitative estimate of drug-likeness (QED) is 0.808. The van der Waals surface area contributed by atoms with Crippen LogP contribution in [-0.4, -0.2) is 40.6 Å². The van der Waals surface area contributed by atoms with E-state index in [4.69, 9.17) is 4.74 Å². The van der Waals surface area contributed by atoms with Gasteiger partial charge in [0, 0.05) is 31.5 Å². The van der Waals surface area contributed by atoms with Gasteiger partial charge in [0.1, 0.15) is 5.56 Å². The fourth-order valence-corrected chi connectivity index (χ4v) is 2.95. The zero-order valence-corrected chi connectivity index (χ0v) is 14.8. The molecule has 1 saturated carbocycles. The minimum Gasteiger partial charge on any atom is -0.481 e. The zero-order valence-electron chi connectivity index (χ0n) is 14.8. The smallest absolute Gasteiger partial charge is 0.263 e. The molecule has 1 aliphatic rings. The second-order valence-electron chi connectivity index (χ2n) is 6.56. The normalized spacial score (nSPS) is 14.8. The van der Waals surface area contributed by atoms with E-state index in [2.05, 4.69) is 4.98 Å². The Bertz CT molecular complexity index is 827. The van der Waals surface area contributed by atoms with Crippen LogP contribution >= 0.6 is 0 Å². The lowest BCUT2D eigenvalue weighted by Crippen LogP contribution is -2.40. The molecular weight excluding hydrogens is 318 g/mol. The van der Waals surface area contributed by atoms with Gasteiger partial charge in [-0.2, -0.15) is 0 Å². The van der Waals surface area contributed by atoms with Crippen molar-refractivity contribution in [3.8, 4) is 5.88 Å². The van der Waals surface area contributed by atoms with Gasteiger partial charge in [-0.15, -0.1) is 0 Å². The Hall–Kier alpha value is -2.63. The third kappa shape index (κ3) is 3.73. The average molecular weight is 341 g/mol. The molecule has 0 aromatic carbocycles. The number of carbonyl (C=O) groups is 1. The number of carbonyl (C=O) groups excluding carboxylic acids is 1. The lowest BCUT2D eigenvalue weighted by atomic mass is 10.1. The molecule has 1 aliphatic carbocycles. The maximum Gasteiger partial charge on any atom is 0.263 e. The number of ether oxygens (including phenoxy) is 1. The average Bonchev–Trinajstić information content (AvgIpc) is 3.47. The number of aromatic nitrogens is 2. The molecule has 0 bridgehead atoms. The molecule has 132 valence electrons. The standard InChI is InChI=1S/C19H23N3O3/c1-13(15-6-7-15)21(2)18(23)16-5-4-10-22(19(16)24)12-14-8-9-20-17(11-14)25-3/h4-5,8-11,13,15H,6-7,12H2,1-3H3/t13-/m0/s1. The molecule has 1 atom stereocenters. The monoisotopic (exact) mass is 341 g/mol. The molecule has 0 saturated heterocycles. The molecule has 1 amide bonds. The molecule has 6 nitrogen and oxygen atoms in total. The van der Waals surface area contributed by atoms with Crippen LogP contribution in [0.25, 0.3) is 0 Å². The van der Waals surface area contributed by atoms with E-state index in [1.54, 1.807) is 49.7 Å². The fourth-order valence-electron chi connectivity index (χ4n) is 2.95. The third-order valence-corrected chi connectivity index (χ3v) is 4.85. The number of hydrogen-bond donors (Lipinski definition) is 0. The van der Waals surface area contributed by atoms with E-state index in [1.807, 2.05) is 13.0 Å². The summed E-state index contributed by atoms with van der Waals surface area (Å²) in [6, 6.07) is 7.10. The van der Waals surface area contributed by atoms with Crippen LogP contribution < -0.4 is 10.3 Å². The highest BCUT2D eigenvalue weighted by molar-refractivity contribution is 5.93. The Labute approximate surface area is 147 Å². The van der Waals surface area contributed by atoms with Crippen molar-refractivity contribution in [1.29, 1.82) is 0 Å². The Morgan fingerprint density at radius 1 is 1.44 bits per heavy atom. The molecule has 0 radical (unpaired) electrons. The van der Waals surface area contributed by atoms with Crippen LogP contribution in [0.15, 0.2) is 41.5 Å². The predicted molar refractivity (Wildman–Crippen MR) is 94.9 cm³/mol. The summed E-state index contributed by atoms with van der Waals surface area (Å²) in [5.74, 6) is 0.839. The van der Waals surface area contributed by atoms with E-state index in [1.165, 1.54) is 4.57 Å². The highest BCUT2D eigenvalue weighted by Crippen LogP contribution is 2.34. The highest BCUT2D eigenvalue weighted by Gasteiger charge is 2.33. The number of rotatable bonds is 6. The van der Waals surface area contributed by atoms with E-state index < -0.39 is 0 Å². The minimum atomic E-state index is -0.280. The van der Waals surface area contributed by atoms with Crippen LogP contribution in [0.2, 0.25) is 0 Å². The van der Waals surface area contributed by atoms with Gasteiger partial charge >= 0.3 is 0 Å². The topological polar surface area (TPSA) is 64.4 Å². The maximum absolute atomic E-state index is 12.8. The van der Waals surface area contributed by atoms with Crippen LogP contribution in [0.4, 0.5) is 0 Å². The van der Waals surface area contributed by atoms with Crippen LogP contribution in [0.3, 0.4) is 0 Å². The Balaban J connectivity index is 1.84. The lowest BCUT2D eigenvalue weighted by Gasteiger charge is -2.24. The van der Waals surface area contributed by atoms with E-state index in [0.29, 0.717) is 18.3 Å². The van der Waals surface area contributed by atoms with Gasteiger partial charge in [-0.05, 0) is 49.4 Å². The number of hydrogen-bond acceptors (Lipinski definition) is 4. The van der Waals surface area contributed by atoms with Gasteiger partial charge in [-0.1, -0.05) is 0 Å². The van der Waals surface area contributed by atoms with E-state index in [-0.39, 0.29) is 23.1 Å². The summed E-state index contributed by atoms with van der Waals surface area (Å²) in [6.07, 6.45) is 5.64. The lowest BCUT2D eigenvalue weighted by molar-refractivity contribution is 0.0725. The van der Waals surface area contributed by atoms with Crippen molar-refractivity contribution in [2.24, 2.45) is 5.92 Å². The first-order chi connectivity index (χ1) is 12.0. The number of pyridine rings is 2. The largest absolute Gasteiger partial charge is 0.481 e. The molecule has 2 aromatic rings. The number of amides is 1. The van der Waals surface area contributed by atoms with Crippen molar-refractivity contribution in [2.45, 2.75) is 32.4 Å².